The minimum Gasteiger partial charge on any atom is -0.511 e. The third-order valence-corrected chi connectivity index (χ3v) is 3.92. The lowest BCUT2D eigenvalue weighted by Gasteiger charge is -2.29. The molecule has 0 unspecified atom stereocenters. The topological polar surface area (TPSA) is 78.9 Å². The summed E-state index contributed by atoms with van der Waals surface area (Å²) in [6.07, 6.45) is -0.673. The van der Waals surface area contributed by atoms with Crippen LogP contribution in [0.5, 0.6) is 0 Å². The molecule has 2 N–H and O–H groups in total. The van der Waals surface area contributed by atoms with Crippen LogP contribution >= 0.6 is 23.8 Å². The Bertz CT molecular complexity index is 755. The molecule has 0 bridgehead atoms. The van der Waals surface area contributed by atoms with E-state index in [9.17, 15) is 14.7 Å². The fourth-order valence-electron chi connectivity index (χ4n) is 2.17. The number of anilines is 1. The molecule has 0 fully saturated rings. The number of carbonyl (C=O) groups is 2. The first kappa shape index (κ1) is 19.2. The van der Waals surface area contributed by atoms with Gasteiger partial charge in [-0.3, -0.25) is 4.79 Å². The number of carbonyl (C=O) groups excluding carboxylic acids is 2. The van der Waals surface area contributed by atoms with Crippen molar-refractivity contribution in [3.8, 4) is 0 Å². The van der Waals surface area contributed by atoms with E-state index in [0.717, 1.165) is 4.90 Å². The van der Waals surface area contributed by atoms with Crippen molar-refractivity contribution in [2.75, 3.05) is 11.9 Å². The van der Waals surface area contributed by atoms with E-state index in [2.05, 4.69) is 5.32 Å². The number of nitrogens with zero attached hydrogens (tertiary/aromatic N) is 1. The van der Waals surface area contributed by atoms with E-state index in [0.29, 0.717) is 10.7 Å². The average molecular weight is 383 g/mol. The van der Waals surface area contributed by atoms with Crippen molar-refractivity contribution in [2.24, 2.45) is 0 Å². The highest BCUT2D eigenvalue weighted by Gasteiger charge is 2.36. The monoisotopic (exact) mass is 382 g/mol. The second kappa shape index (κ2) is 7.41. The number of hydrogen-bond donors (Lipinski definition) is 2. The molecule has 1 heterocycles. The molecule has 1 aromatic carbocycles. The lowest BCUT2D eigenvalue weighted by Crippen LogP contribution is -2.46. The molecule has 1 aromatic rings. The number of benzene rings is 1. The highest BCUT2D eigenvalue weighted by Crippen LogP contribution is 2.25. The number of aliphatic hydroxyl groups is 1. The van der Waals surface area contributed by atoms with Crippen LogP contribution in [0.1, 0.15) is 27.2 Å². The van der Waals surface area contributed by atoms with E-state index in [4.69, 9.17) is 28.6 Å². The van der Waals surface area contributed by atoms with Crippen molar-refractivity contribution in [2.45, 2.75) is 32.8 Å². The smallest absolute Gasteiger partial charge is 0.417 e. The molecule has 0 aliphatic carbocycles. The number of para-hydroxylation sites is 1. The van der Waals surface area contributed by atoms with Crippen LogP contribution in [0.2, 0.25) is 5.02 Å². The zero-order valence-electron chi connectivity index (χ0n) is 14.1. The van der Waals surface area contributed by atoms with Gasteiger partial charge in [-0.15, -0.1) is 0 Å². The Kier molecular flexibility index (Phi) is 5.69. The van der Waals surface area contributed by atoms with Crippen LogP contribution in [0.15, 0.2) is 35.6 Å². The van der Waals surface area contributed by atoms with Crippen molar-refractivity contribution in [1.82, 2.24) is 4.90 Å². The Hall–Kier alpha value is -2.12. The third kappa shape index (κ3) is 4.70. The van der Waals surface area contributed by atoms with Gasteiger partial charge in [0, 0.05) is 13.0 Å². The van der Waals surface area contributed by atoms with Gasteiger partial charge >= 0.3 is 6.09 Å². The minimum atomic E-state index is -0.775. The molecule has 0 spiro atoms. The minimum absolute atomic E-state index is 0.0103. The predicted molar refractivity (Wildman–Crippen MR) is 99.9 cm³/mol. The number of thiocarbonyl (C=S) groups is 1. The third-order valence-electron chi connectivity index (χ3n) is 3.28. The second-order valence-corrected chi connectivity index (χ2v) is 7.26. The molecule has 6 nitrogen and oxygen atoms in total. The Balaban J connectivity index is 2.21. The molecule has 0 radical (unpaired) electrons. The summed E-state index contributed by atoms with van der Waals surface area (Å²) in [7, 11) is 0. The van der Waals surface area contributed by atoms with Crippen molar-refractivity contribution in [3.63, 3.8) is 0 Å². The fourth-order valence-corrected chi connectivity index (χ4v) is 2.67. The van der Waals surface area contributed by atoms with Crippen LogP contribution in [-0.2, 0) is 9.53 Å². The van der Waals surface area contributed by atoms with Crippen LogP contribution in [0.25, 0.3) is 0 Å². The van der Waals surface area contributed by atoms with Gasteiger partial charge in [0.25, 0.3) is 5.91 Å². The highest BCUT2D eigenvalue weighted by atomic mass is 35.5. The number of ether oxygens (including phenoxy) is 1. The van der Waals surface area contributed by atoms with Gasteiger partial charge in [-0.25, -0.2) is 9.69 Å². The molecule has 134 valence electrons. The van der Waals surface area contributed by atoms with Crippen LogP contribution < -0.4 is 5.32 Å². The van der Waals surface area contributed by atoms with E-state index in [-0.39, 0.29) is 29.3 Å². The van der Waals surface area contributed by atoms with Crippen molar-refractivity contribution >= 4 is 46.5 Å². The van der Waals surface area contributed by atoms with Gasteiger partial charge in [0.2, 0.25) is 0 Å². The van der Waals surface area contributed by atoms with Crippen molar-refractivity contribution < 1.29 is 19.4 Å². The molecule has 2 amide bonds. The van der Waals surface area contributed by atoms with Gasteiger partial charge in [0.15, 0.2) is 0 Å². The molecule has 0 atom stereocenters. The Morgan fingerprint density at radius 2 is 2.00 bits per heavy atom. The van der Waals surface area contributed by atoms with E-state index < -0.39 is 17.6 Å². The molecule has 0 aromatic heterocycles. The van der Waals surface area contributed by atoms with E-state index in [1.165, 1.54) is 0 Å². The van der Waals surface area contributed by atoms with Gasteiger partial charge in [0.1, 0.15) is 21.9 Å². The SMILES string of the molecule is CC(C)(C)OC(=O)N1CCC(O)=C(C(=S)Nc2ccccc2Cl)C1=O. The van der Waals surface area contributed by atoms with Gasteiger partial charge in [0.05, 0.1) is 10.7 Å². The largest absolute Gasteiger partial charge is 0.511 e. The summed E-state index contributed by atoms with van der Waals surface area (Å²) in [5.74, 6) is -0.878. The van der Waals surface area contributed by atoms with Crippen LogP contribution in [-0.4, -0.2) is 39.1 Å². The van der Waals surface area contributed by atoms with Crippen molar-refractivity contribution in [1.29, 1.82) is 0 Å². The summed E-state index contributed by atoms with van der Waals surface area (Å²) in [4.78, 5) is 25.8. The molecule has 1 aliphatic heterocycles. The summed E-state index contributed by atoms with van der Waals surface area (Å²) in [5, 5.41) is 13.4. The first-order valence-corrected chi connectivity index (χ1v) is 8.41. The van der Waals surface area contributed by atoms with E-state index >= 15 is 0 Å². The maximum absolute atomic E-state index is 12.6. The fraction of sp³-hybridized carbons (Fsp3) is 0.353. The maximum atomic E-state index is 12.6. The summed E-state index contributed by atoms with van der Waals surface area (Å²) in [6, 6.07) is 6.85. The molecular formula is C17H19ClN2O4S. The number of rotatable bonds is 2. The van der Waals surface area contributed by atoms with Crippen LogP contribution in [0, 0.1) is 0 Å². The Morgan fingerprint density at radius 3 is 2.60 bits per heavy atom. The number of aliphatic hydroxyl groups excluding tert-OH is 1. The van der Waals surface area contributed by atoms with Gasteiger partial charge < -0.3 is 15.2 Å². The number of imide groups is 1. The van der Waals surface area contributed by atoms with E-state index in [1.807, 2.05) is 0 Å². The van der Waals surface area contributed by atoms with Gasteiger partial charge in [-0.05, 0) is 32.9 Å². The first-order valence-electron chi connectivity index (χ1n) is 7.63. The van der Waals surface area contributed by atoms with Crippen LogP contribution in [0.4, 0.5) is 10.5 Å². The molecule has 0 saturated carbocycles. The van der Waals surface area contributed by atoms with Crippen LogP contribution in [0.3, 0.4) is 0 Å². The molecule has 0 saturated heterocycles. The number of hydrogen-bond acceptors (Lipinski definition) is 5. The summed E-state index contributed by atoms with van der Waals surface area (Å²) >= 11 is 11.3. The summed E-state index contributed by atoms with van der Waals surface area (Å²) in [5.41, 5.74) is -0.375. The lowest BCUT2D eigenvalue weighted by atomic mass is 10.1. The average Bonchev–Trinajstić information content (AvgIpc) is 2.47. The number of halogens is 1. The normalized spacial score (nSPS) is 15.2. The molecule has 2 rings (SSSR count). The quantitative estimate of drug-likeness (QED) is 0.751. The van der Waals surface area contributed by atoms with E-state index in [1.54, 1.807) is 45.0 Å². The number of nitrogens with one attached hydrogen (secondary N) is 1. The zero-order chi connectivity index (χ0) is 18.8. The summed E-state index contributed by atoms with van der Waals surface area (Å²) in [6.45, 7) is 5.14. The predicted octanol–water partition coefficient (Wildman–Crippen LogP) is 4.06. The maximum Gasteiger partial charge on any atom is 0.417 e. The van der Waals surface area contributed by atoms with Gasteiger partial charge in [-0.2, -0.15) is 0 Å². The molecular weight excluding hydrogens is 364 g/mol. The molecule has 1 aliphatic rings. The lowest BCUT2D eigenvalue weighted by molar-refractivity contribution is -0.126. The second-order valence-electron chi connectivity index (χ2n) is 6.44. The summed E-state index contributed by atoms with van der Waals surface area (Å²) < 4.78 is 5.23. The first-order chi connectivity index (χ1) is 11.6. The van der Waals surface area contributed by atoms with Gasteiger partial charge in [-0.1, -0.05) is 36.0 Å². The molecule has 25 heavy (non-hydrogen) atoms. The molecule has 8 heteroatoms. The van der Waals surface area contributed by atoms with Crippen molar-refractivity contribution in [3.05, 3.63) is 40.6 Å². The standard InChI is InChI=1S/C17H19ClN2O4S/c1-17(2,3)24-16(23)20-9-8-12(21)13(15(20)22)14(25)19-11-7-5-4-6-10(11)18/h4-7,21H,8-9H2,1-3H3,(H,19,25). The number of amides is 2. The highest BCUT2D eigenvalue weighted by molar-refractivity contribution is 7.81. The zero-order valence-corrected chi connectivity index (χ0v) is 15.7. The Labute approximate surface area is 156 Å². The Morgan fingerprint density at radius 1 is 1.36 bits per heavy atom.